The second-order valence-corrected chi connectivity index (χ2v) is 2.92. The Kier molecular flexibility index (Phi) is 2.75. The first kappa shape index (κ1) is 7.99. The van der Waals surface area contributed by atoms with Gasteiger partial charge in [-0.05, 0) is 11.5 Å². The van der Waals surface area contributed by atoms with Crippen LogP contribution in [0.3, 0.4) is 0 Å². The average Bonchev–Trinajstić information content (AvgIpc) is 1.63. The van der Waals surface area contributed by atoms with Crippen molar-refractivity contribution in [3.63, 3.8) is 0 Å². The molecule has 0 aromatic carbocycles. The zero-order valence-electron chi connectivity index (χ0n) is 6.15. The SMILES string of the molecule is [CH+]=C=C=C=CC(C)(C)C. The summed E-state index contributed by atoms with van der Waals surface area (Å²) in [6.07, 6.45) is 1.90. The summed E-state index contributed by atoms with van der Waals surface area (Å²) in [4.78, 5) is 0. The molecule has 46 valence electrons. The van der Waals surface area contributed by atoms with E-state index in [1.54, 1.807) is 0 Å². The van der Waals surface area contributed by atoms with Crippen LogP contribution >= 0.6 is 0 Å². The summed E-state index contributed by atoms with van der Waals surface area (Å²) >= 11 is 0. The molecule has 0 atom stereocenters. The van der Waals surface area contributed by atoms with Gasteiger partial charge in [-0.25, -0.2) is 0 Å². The quantitative estimate of drug-likeness (QED) is 0.339. The van der Waals surface area contributed by atoms with Crippen LogP contribution in [0, 0.1) is 12.0 Å². The Balaban J connectivity index is 4.35. The summed E-state index contributed by atoms with van der Waals surface area (Å²) in [7, 11) is 0. The van der Waals surface area contributed by atoms with Crippen molar-refractivity contribution in [3.05, 3.63) is 29.8 Å². The fraction of sp³-hybridized carbons (Fsp3) is 0.444. The Bertz CT molecular complexity index is 185. The molecule has 0 unspecified atom stereocenters. The first-order valence-electron chi connectivity index (χ1n) is 2.87. The van der Waals surface area contributed by atoms with Crippen molar-refractivity contribution in [2.75, 3.05) is 0 Å². The van der Waals surface area contributed by atoms with E-state index in [1.165, 1.54) is 0 Å². The van der Waals surface area contributed by atoms with Crippen molar-refractivity contribution in [3.8, 4) is 0 Å². The van der Waals surface area contributed by atoms with Gasteiger partial charge < -0.3 is 0 Å². The third kappa shape index (κ3) is 6.99. The van der Waals surface area contributed by atoms with Gasteiger partial charge in [0.05, 0.1) is 5.73 Å². The van der Waals surface area contributed by atoms with E-state index in [2.05, 4.69) is 38.0 Å². The van der Waals surface area contributed by atoms with Crippen LogP contribution in [0.4, 0.5) is 0 Å². The van der Waals surface area contributed by atoms with E-state index >= 15 is 0 Å². The summed E-state index contributed by atoms with van der Waals surface area (Å²) in [6.45, 7) is 11.2. The van der Waals surface area contributed by atoms with Crippen LogP contribution < -0.4 is 0 Å². The van der Waals surface area contributed by atoms with Crippen LogP contribution in [-0.4, -0.2) is 0 Å². The molecular formula is C9H11+. The first-order valence-corrected chi connectivity index (χ1v) is 2.87. The zero-order valence-corrected chi connectivity index (χ0v) is 6.15. The van der Waals surface area contributed by atoms with E-state index in [0.29, 0.717) is 0 Å². The predicted octanol–water partition coefficient (Wildman–Crippen LogP) is 2.49. The van der Waals surface area contributed by atoms with Gasteiger partial charge in [-0.1, -0.05) is 20.8 Å². The molecule has 0 aromatic heterocycles. The van der Waals surface area contributed by atoms with Crippen molar-refractivity contribution >= 4 is 0 Å². The standard InChI is InChI=1S/C9H11/c1-5-6-7-8-9(2,3)4/h1,8H,2-4H3/q+1. The molecule has 0 saturated heterocycles. The Morgan fingerprint density at radius 3 is 2.22 bits per heavy atom. The Morgan fingerprint density at radius 1 is 1.33 bits per heavy atom. The van der Waals surface area contributed by atoms with Gasteiger partial charge in [-0.2, -0.15) is 0 Å². The van der Waals surface area contributed by atoms with Gasteiger partial charge >= 0.3 is 0 Å². The van der Waals surface area contributed by atoms with Crippen LogP contribution in [0.1, 0.15) is 20.8 Å². The average molecular weight is 119 g/mol. The molecule has 0 heteroatoms. The molecule has 0 aliphatic rings. The normalized spacial score (nSPS) is 8.67. The van der Waals surface area contributed by atoms with E-state index < -0.39 is 0 Å². The Hall–Kier alpha value is -1.01. The fourth-order valence-corrected chi connectivity index (χ4v) is 0.294. The minimum absolute atomic E-state index is 0.157. The number of rotatable bonds is 0. The molecule has 0 aliphatic carbocycles. The van der Waals surface area contributed by atoms with Gasteiger partial charge in [-0.15, -0.1) is 0 Å². The number of allylic oxidation sites excluding steroid dienone is 1. The third-order valence-corrected chi connectivity index (χ3v) is 0.650. The van der Waals surface area contributed by atoms with Crippen LogP contribution in [0.2, 0.25) is 0 Å². The van der Waals surface area contributed by atoms with Crippen molar-refractivity contribution in [1.82, 2.24) is 0 Å². The molecule has 0 saturated carbocycles. The molecule has 0 aromatic rings. The molecule has 0 fully saturated rings. The Morgan fingerprint density at radius 2 is 1.89 bits per heavy atom. The first-order chi connectivity index (χ1) is 4.06. The van der Waals surface area contributed by atoms with Gasteiger partial charge in [0.25, 0.3) is 0 Å². The summed E-state index contributed by atoms with van der Waals surface area (Å²) in [6, 6.07) is 0. The largest absolute Gasteiger partial charge is 0.222 e. The van der Waals surface area contributed by atoms with Crippen LogP contribution in [0.25, 0.3) is 0 Å². The third-order valence-electron chi connectivity index (χ3n) is 0.650. The van der Waals surface area contributed by atoms with Crippen LogP contribution in [0.5, 0.6) is 0 Å². The van der Waals surface area contributed by atoms with Crippen molar-refractivity contribution in [2.45, 2.75) is 20.8 Å². The molecule has 0 aliphatic heterocycles. The maximum atomic E-state index is 4.91. The summed E-state index contributed by atoms with van der Waals surface area (Å²) in [5.41, 5.74) is 7.70. The van der Waals surface area contributed by atoms with Crippen molar-refractivity contribution in [2.24, 2.45) is 5.41 Å². The smallest absolute Gasteiger partial charge is 0.0560 e. The van der Waals surface area contributed by atoms with Gasteiger partial charge in [0, 0.05) is 0 Å². The lowest BCUT2D eigenvalue weighted by Gasteiger charge is -2.06. The minimum Gasteiger partial charge on any atom is -0.0560 e. The monoisotopic (exact) mass is 119 g/mol. The highest BCUT2D eigenvalue weighted by Gasteiger charge is 2.02. The van der Waals surface area contributed by atoms with Crippen LogP contribution in [-0.2, 0) is 0 Å². The number of hydrogen-bond donors (Lipinski definition) is 0. The topological polar surface area (TPSA) is 0 Å². The second kappa shape index (κ2) is 3.10. The highest BCUT2D eigenvalue weighted by Crippen LogP contribution is 2.12. The lowest BCUT2D eigenvalue weighted by Crippen LogP contribution is -1.96. The van der Waals surface area contributed by atoms with Gasteiger partial charge in [0.2, 0.25) is 11.5 Å². The summed E-state index contributed by atoms with van der Waals surface area (Å²) < 4.78 is 0. The second-order valence-electron chi connectivity index (χ2n) is 2.92. The molecule has 0 radical (unpaired) electrons. The van der Waals surface area contributed by atoms with Gasteiger partial charge in [-0.3, -0.25) is 0 Å². The molecule has 9 heavy (non-hydrogen) atoms. The number of hydrogen-bond acceptors (Lipinski definition) is 0. The van der Waals surface area contributed by atoms with Crippen LogP contribution in [0.15, 0.2) is 23.3 Å². The molecular weight excluding hydrogens is 108 g/mol. The van der Waals surface area contributed by atoms with E-state index in [1.807, 2.05) is 6.08 Å². The zero-order chi connectivity index (χ0) is 7.33. The lowest BCUT2D eigenvalue weighted by molar-refractivity contribution is 0.545. The molecule has 0 N–H and O–H groups in total. The highest BCUT2D eigenvalue weighted by molar-refractivity contribution is 4.91. The lowest BCUT2D eigenvalue weighted by atomic mass is 9.97. The molecule has 0 bridgehead atoms. The molecule has 0 nitrogen and oxygen atoms in total. The van der Waals surface area contributed by atoms with E-state index in [4.69, 9.17) is 6.58 Å². The van der Waals surface area contributed by atoms with Gasteiger partial charge in [0.1, 0.15) is 6.58 Å². The summed E-state index contributed by atoms with van der Waals surface area (Å²) in [5, 5.41) is 0. The highest BCUT2D eigenvalue weighted by atomic mass is 14.1. The van der Waals surface area contributed by atoms with Crippen molar-refractivity contribution in [1.29, 1.82) is 0 Å². The molecule has 0 rings (SSSR count). The fourth-order valence-electron chi connectivity index (χ4n) is 0.294. The maximum absolute atomic E-state index is 4.91. The van der Waals surface area contributed by atoms with Gasteiger partial charge in [0.15, 0.2) is 0 Å². The Labute approximate surface area is 56.9 Å². The van der Waals surface area contributed by atoms with E-state index in [0.717, 1.165) is 0 Å². The predicted molar refractivity (Wildman–Crippen MR) is 38.9 cm³/mol. The van der Waals surface area contributed by atoms with Crippen molar-refractivity contribution < 1.29 is 0 Å². The van der Waals surface area contributed by atoms with E-state index in [-0.39, 0.29) is 5.41 Å². The molecule has 0 amide bonds. The maximum Gasteiger partial charge on any atom is 0.222 e. The minimum atomic E-state index is 0.157. The van der Waals surface area contributed by atoms with E-state index in [9.17, 15) is 0 Å². The molecule has 0 heterocycles. The molecule has 0 spiro atoms. The summed E-state index contributed by atoms with van der Waals surface area (Å²) in [5.74, 6) is 0.